The normalized spacial score (nSPS) is 26.0. The Morgan fingerprint density at radius 1 is 1.11 bits per heavy atom. The maximum absolute atomic E-state index is 6.34. The van der Waals surface area contributed by atoms with Crippen LogP contribution in [0.2, 0.25) is 0 Å². The van der Waals surface area contributed by atoms with Crippen LogP contribution in [0, 0.1) is 5.41 Å². The Hall–Kier alpha value is 0.170. The van der Waals surface area contributed by atoms with Crippen molar-refractivity contribution >= 4 is 11.6 Å². The molecule has 0 bridgehead atoms. The largest absolute Gasteiger partial charge is 0.385 e. The van der Waals surface area contributed by atoms with Crippen LogP contribution in [0.3, 0.4) is 0 Å². The predicted molar refractivity (Wildman–Crippen MR) is 74.3 cm³/mol. The molecule has 2 unspecified atom stereocenters. The highest BCUT2D eigenvalue weighted by molar-refractivity contribution is 6.21. The van der Waals surface area contributed by atoms with Gasteiger partial charge in [-0.25, -0.2) is 0 Å². The fourth-order valence-electron chi connectivity index (χ4n) is 2.74. The zero-order chi connectivity index (χ0) is 13.4. The molecule has 0 aromatic heterocycles. The summed E-state index contributed by atoms with van der Waals surface area (Å²) in [6.45, 7) is 7.24. The van der Waals surface area contributed by atoms with Gasteiger partial charge < -0.3 is 14.2 Å². The standard InChI is InChI=1S/C14H27ClO3/c1-4-14(5-2)12(15)11-13(14)18-10-9-17-8-6-7-16-3/h12-13H,4-11H2,1-3H3. The second kappa shape index (κ2) is 8.36. The number of halogens is 1. The summed E-state index contributed by atoms with van der Waals surface area (Å²) in [6, 6.07) is 0. The fourth-order valence-corrected chi connectivity index (χ4v) is 3.35. The van der Waals surface area contributed by atoms with Gasteiger partial charge in [-0.05, 0) is 25.7 Å². The molecule has 1 saturated carbocycles. The third kappa shape index (κ3) is 3.83. The van der Waals surface area contributed by atoms with Crippen molar-refractivity contribution in [3.63, 3.8) is 0 Å². The van der Waals surface area contributed by atoms with Gasteiger partial charge >= 0.3 is 0 Å². The van der Waals surface area contributed by atoms with Gasteiger partial charge in [0.05, 0.1) is 19.3 Å². The molecule has 3 nitrogen and oxygen atoms in total. The summed E-state index contributed by atoms with van der Waals surface area (Å²) in [4.78, 5) is 0. The Bertz CT molecular complexity index is 219. The topological polar surface area (TPSA) is 27.7 Å². The van der Waals surface area contributed by atoms with Crippen LogP contribution in [-0.4, -0.2) is 45.0 Å². The lowest BCUT2D eigenvalue weighted by molar-refractivity contribution is -0.122. The Morgan fingerprint density at radius 2 is 1.83 bits per heavy atom. The van der Waals surface area contributed by atoms with E-state index in [2.05, 4.69) is 13.8 Å². The average Bonchev–Trinajstić information content (AvgIpc) is 2.38. The van der Waals surface area contributed by atoms with Gasteiger partial charge in [-0.3, -0.25) is 0 Å². The molecule has 0 N–H and O–H groups in total. The first kappa shape index (κ1) is 16.2. The first-order chi connectivity index (χ1) is 8.71. The van der Waals surface area contributed by atoms with Gasteiger partial charge in [0.2, 0.25) is 0 Å². The molecular weight excluding hydrogens is 252 g/mol. The number of hydrogen-bond donors (Lipinski definition) is 0. The van der Waals surface area contributed by atoms with Gasteiger partial charge in [-0.15, -0.1) is 11.6 Å². The van der Waals surface area contributed by atoms with Crippen LogP contribution in [0.5, 0.6) is 0 Å². The molecule has 0 spiro atoms. The average molecular weight is 279 g/mol. The lowest BCUT2D eigenvalue weighted by Gasteiger charge is -2.52. The van der Waals surface area contributed by atoms with Gasteiger partial charge in [0, 0.05) is 31.1 Å². The smallest absolute Gasteiger partial charge is 0.0704 e. The SMILES string of the molecule is CCC1(CC)C(Cl)CC1OCCOCCCOC. The number of alkyl halides is 1. The summed E-state index contributed by atoms with van der Waals surface area (Å²) < 4.78 is 16.3. The highest BCUT2D eigenvalue weighted by Crippen LogP contribution is 2.51. The zero-order valence-corrected chi connectivity index (χ0v) is 12.7. The quantitative estimate of drug-likeness (QED) is 0.454. The lowest BCUT2D eigenvalue weighted by Crippen LogP contribution is -2.55. The monoisotopic (exact) mass is 278 g/mol. The summed E-state index contributed by atoms with van der Waals surface area (Å²) >= 11 is 6.34. The second-order valence-electron chi connectivity index (χ2n) is 4.96. The summed E-state index contributed by atoms with van der Waals surface area (Å²) in [5.41, 5.74) is 0.192. The third-order valence-corrected chi connectivity index (χ3v) is 4.80. The molecule has 4 heteroatoms. The van der Waals surface area contributed by atoms with E-state index in [0.29, 0.717) is 19.3 Å². The first-order valence-electron chi connectivity index (χ1n) is 7.03. The molecular formula is C14H27ClO3. The minimum absolute atomic E-state index is 0.192. The lowest BCUT2D eigenvalue weighted by atomic mass is 9.62. The summed E-state index contributed by atoms with van der Waals surface area (Å²) in [5.74, 6) is 0. The minimum Gasteiger partial charge on any atom is -0.385 e. The van der Waals surface area contributed by atoms with E-state index in [1.807, 2.05) is 0 Å². The molecule has 1 aliphatic carbocycles. The minimum atomic E-state index is 0.192. The van der Waals surface area contributed by atoms with Gasteiger partial charge in [0.25, 0.3) is 0 Å². The molecule has 0 saturated heterocycles. The van der Waals surface area contributed by atoms with E-state index in [1.54, 1.807) is 7.11 Å². The molecule has 0 aromatic rings. The fraction of sp³-hybridized carbons (Fsp3) is 1.00. The number of ether oxygens (including phenoxy) is 3. The highest BCUT2D eigenvalue weighted by Gasteiger charge is 2.52. The molecule has 0 aliphatic heterocycles. The molecule has 1 rings (SSSR count). The van der Waals surface area contributed by atoms with Crippen molar-refractivity contribution in [1.29, 1.82) is 0 Å². The molecule has 0 amide bonds. The van der Waals surface area contributed by atoms with E-state index in [-0.39, 0.29) is 10.8 Å². The molecule has 1 fully saturated rings. The molecule has 0 aromatic carbocycles. The number of hydrogen-bond acceptors (Lipinski definition) is 3. The first-order valence-corrected chi connectivity index (χ1v) is 7.47. The van der Waals surface area contributed by atoms with Crippen LogP contribution in [-0.2, 0) is 14.2 Å². The van der Waals surface area contributed by atoms with E-state index in [1.165, 1.54) is 0 Å². The summed E-state index contributed by atoms with van der Waals surface area (Å²) in [7, 11) is 1.71. The van der Waals surface area contributed by atoms with Crippen LogP contribution in [0.1, 0.15) is 39.5 Å². The van der Waals surface area contributed by atoms with Gasteiger partial charge in [-0.1, -0.05) is 13.8 Å². The molecule has 1 aliphatic rings. The third-order valence-electron chi connectivity index (χ3n) is 4.19. The molecule has 2 atom stereocenters. The Labute approximate surface area is 116 Å². The second-order valence-corrected chi connectivity index (χ2v) is 5.49. The predicted octanol–water partition coefficient (Wildman–Crippen LogP) is 3.24. The maximum Gasteiger partial charge on any atom is 0.0704 e. The zero-order valence-electron chi connectivity index (χ0n) is 11.9. The van der Waals surface area contributed by atoms with Crippen molar-refractivity contribution in [2.45, 2.75) is 51.0 Å². The van der Waals surface area contributed by atoms with Crippen LogP contribution >= 0.6 is 11.6 Å². The van der Waals surface area contributed by atoms with E-state index in [4.69, 9.17) is 25.8 Å². The van der Waals surface area contributed by atoms with E-state index in [9.17, 15) is 0 Å². The highest BCUT2D eigenvalue weighted by atomic mass is 35.5. The van der Waals surface area contributed by atoms with Crippen molar-refractivity contribution in [3.8, 4) is 0 Å². The van der Waals surface area contributed by atoms with Gasteiger partial charge in [0.15, 0.2) is 0 Å². The van der Waals surface area contributed by atoms with Gasteiger partial charge in [0.1, 0.15) is 0 Å². The Morgan fingerprint density at radius 3 is 2.39 bits per heavy atom. The summed E-state index contributed by atoms with van der Waals surface area (Å²) in [6.07, 6.45) is 4.43. The molecule has 0 radical (unpaired) electrons. The van der Waals surface area contributed by atoms with Crippen molar-refractivity contribution in [1.82, 2.24) is 0 Å². The maximum atomic E-state index is 6.34. The van der Waals surface area contributed by atoms with E-state index < -0.39 is 0 Å². The van der Waals surface area contributed by atoms with Gasteiger partial charge in [-0.2, -0.15) is 0 Å². The van der Waals surface area contributed by atoms with E-state index >= 15 is 0 Å². The summed E-state index contributed by atoms with van der Waals surface area (Å²) in [5, 5.41) is 0.278. The van der Waals surface area contributed by atoms with Crippen LogP contribution < -0.4 is 0 Å². The Kier molecular flexibility index (Phi) is 7.54. The van der Waals surface area contributed by atoms with E-state index in [0.717, 1.165) is 38.9 Å². The molecule has 108 valence electrons. The number of methoxy groups -OCH3 is 1. The van der Waals surface area contributed by atoms with Crippen molar-refractivity contribution in [3.05, 3.63) is 0 Å². The van der Waals surface area contributed by atoms with Crippen LogP contribution in [0.15, 0.2) is 0 Å². The van der Waals surface area contributed by atoms with Crippen LogP contribution in [0.25, 0.3) is 0 Å². The van der Waals surface area contributed by atoms with Crippen molar-refractivity contribution < 1.29 is 14.2 Å². The van der Waals surface area contributed by atoms with Crippen molar-refractivity contribution in [2.24, 2.45) is 5.41 Å². The molecule has 18 heavy (non-hydrogen) atoms. The van der Waals surface area contributed by atoms with Crippen LogP contribution in [0.4, 0.5) is 0 Å². The Balaban J connectivity index is 2.09. The molecule has 0 heterocycles. The van der Waals surface area contributed by atoms with Crippen molar-refractivity contribution in [2.75, 3.05) is 33.5 Å². The number of rotatable bonds is 10.